The molecule has 10 nitrogen and oxygen atoms in total. The number of nitrogens with zero attached hydrogens (tertiary/aromatic N) is 3. The smallest absolute Gasteiger partial charge is 0.355 e. The molecular weight excluding hydrogens is 512 g/mol. The van der Waals surface area contributed by atoms with Crippen molar-refractivity contribution in [2.75, 3.05) is 19.1 Å². The van der Waals surface area contributed by atoms with Crippen LogP contribution in [0.3, 0.4) is 0 Å². The molecule has 208 valence electrons. The van der Waals surface area contributed by atoms with Crippen molar-refractivity contribution in [3.63, 3.8) is 0 Å². The van der Waals surface area contributed by atoms with Gasteiger partial charge in [-0.2, -0.15) is 5.26 Å². The second kappa shape index (κ2) is 9.83. The summed E-state index contributed by atoms with van der Waals surface area (Å²) in [5.41, 5.74) is 7.48. The number of allylic oxidation sites excluding steroid dienone is 1. The predicted molar refractivity (Wildman–Crippen MR) is 148 cm³/mol. The number of esters is 2. The van der Waals surface area contributed by atoms with Crippen LogP contribution in [0.1, 0.15) is 62.3 Å². The molecule has 40 heavy (non-hydrogen) atoms. The monoisotopic (exact) mass is 544 g/mol. The van der Waals surface area contributed by atoms with Crippen molar-refractivity contribution in [3.8, 4) is 6.07 Å². The minimum Gasteiger partial charge on any atom is -0.466 e. The maximum atomic E-state index is 13.5. The molecule has 4 rings (SSSR count). The maximum absolute atomic E-state index is 13.5. The van der Waals surface area contributed by atoms with Gasteiger partial charge < -0.3 is 15.2 Å². The summed E-state index contributed by atoms with van der Waals surface area (Å²) in [6.45, 7) is 9.51. The first-order valence-corrected chi connectivity index (χ1v) is 12.7. The van der Waals surface area contributed by atoms with Crippen molar-refractivity contribution < 1.29 is 24.0 Å². The summed E-state index contributed by atoms with van der Waals surface area (Å²) in [6, 6.07) is 12.5. The lowest BCUT2D eigenvalue weighted by Crippen LogP contribution is -2.41. The highest BCUT2D eigenvalue weighted by molar-refractivity contribution is 6.06. The van der Waals surface area contributed by atoms with Gasteiger partial charge in [0.15, 0.2) is 0 Å². The van der Waals surface area contributed by atoms with Crippen LogP contribution in [0.4, 0.5) is 11.4 Å². The Bertz CT molecular complexity index is 1550. The van der Waals surface area contributed by atoms with Gasteiger partial charge in [-0.05, 0) is 41.4 Å². The fourth-order valence-electron chi connectivity index (χ4n) is 6.48. The van der Waals surface area contributed by atoms with Crippen LogP contribution in [0.5, 0.6) is 0 Å². The number of fused-ring (bicyclic) bond motifs is 1. The summed E-state index contributed by atoms with van der Waals surface area (Å²) in [5, 5.41) is 22.9. The van der Waals surface area contributed by atoms with Crippen LogP contribution in [0.25, 0.3) is 0 Å². The zero-order chi connectivity index (χ0) is 29.7. The molecule has 0 radical (unpaired) electrons. The summed E-state index contributed by atoms with van der Waals surface area (Å²) in [5.74, 6) is -2.96. The van der Waals surface area contributed by atoms with E-state index in [1.165, 1.54) is 12.0 Å². The number of carbonyl (C=O) groups is 2. The predicted octanol–water partition coefficient (Wildman–Crippen LogP) is 4.76. The highest BCUT2D eigenvalue weighted by atomic mass is 16.6. The van der Waals surface area contributed by atoms with Crippen molar-refractivity contribution in [3.05, 3.63) is 91.4 Å². The van der Waals surface area contributed by atoms with Gasteiger partial charge in [0.25, 0.3) is 5.69 Å². The van der Waals surface area contributed by atoms with Gasteiger partial charge in [-0.15, -0.1) is 0 Å². The number of hydrogen-bond acceptors (Lipinski definition) is 9. The Hall–Kier alpha value is -4.65. The second-order valence-corrected chi connectivity index (χ2v) is 11.3. The van der Waals surface area contributed by atoms with Gasteiger partial charge in [-0.25, -0.2) is 9.59 Å². The standard InChI is InChI=1S/C30H32N4O6/c1-16-20(13-19-23(24(16)34(37)38)30(4,5)15-29(19,2)3)33-25(28(36)40-7)22(27(35)39-6)21(18(14-31)26(33)32)17-11-9-8-10-12-17/h8-13,21H,15,32H2,1-7H3. The van der Waals surface area contributed by atoms with E-state index in [1.54, 1.807) is 43.3 Å². The number of hydrogen-bond donors (Lipinski definition) is 1. The first-order chi connectivity index (χ1) is 18.7. The van der Waals surface area contributed by atoms with Crippen molar-refractivity contribution in [1.29, 1.82) is 5.26 Å². The number of carbonyl (C=O) groups excluding carboxylic acids is 2. The molecule has 10 heteroatoms. The molecule has 1 aliphatic carbocycles. The Kier molecular flexibility index (Phi) is 6.97. The Morgan fingerprint density at radius 2 is 1.70 bits per heavy atom. The molecule has 0 spiro atoms. The van der Waals surface area contributed by atoms with Crippen LogP contribution < -0.4 is 10.6 Å². The van der Waals surface area contributed by atoms with Gasteiger partial charge >= 0.3 is 11.9 Å². The molecule has 2 aromatic rings. The maximum Gasteiger partial charge on any atom is 0.355 e. The van der Waals surface area contributed by atoms with E-state index in [0.29, 0.717) is 17.5 Å². The topological polar surface area (TPSA) is 149 Å². The van der Waals surface area contributed by atoms with Gasteiger partial charge in [0.1, 0.15) is 11.5 Å². The van der Waals surface area contributed by atoms with Crippen LogP contribution in [0.15, 0.2) is 59.1 Å². The minimum absolute atomic E-state index is 0.0126. The lowest BCUT2D eigenvalue weighted by atomic mass is 9.80. The third kappa shape index (κ3) is 4.18. The molecule has 0 saturated carbocycles. The summed E-state index contributed by atoms with van der Waals surface area (Å²) in [7, 11) is 2.32. The summed E-state index contributed by atoms with van der Waals surface area (Å²) >= 11 is 0. The number of nitrogens with two attached hydrogens (primary N) is 1. The van der Waals surface area contributed by atoms with Crippen molar-refractivity contribution in [2.45, 2.75) is 57.8 Å². The highest BCUT2D eigenvalue weighted by Crippen LogP contribution is 2.56. The van der Waals surface area contributed by atoms with Crippen LogP contribution in [0.2, 0.25) is 0 Å². The highest BCUT2D eigenvalue weighted by Gasteiger charge is 2.49. The lowest BCUT2D eigenvalue weighted by Gasteiger charge is -2.37. The summed E-state index contributed by atoms with van der Waals surface area (Å²) in [4.78, 5) is 40.2. The average Bonchev–Trinajstić information content (AvgIpc) is 3.09. The molecule has 0 saturated heterocycles. The third-order valence-corrected chi connectivity index (χ3v) is 7.85. The van der Waals surface area contributed by atoms with Crippen LogP contribution in [-0.2, 0) is 29.9 Å². The molecule has 2 aromatic carbocycles. The fourth-order valence-corrected chi connectivity index (χ4v) is 6.48. The van der Waals surface area contributed by atoms with Crippen LogP contribution >= 0.6 is 0 Å². The van der Waals surface area contributed by atoms with E-state index in [9.17, 15) is 25.0 Å². The van der Waals surface area contributed by atoms with E-state index in [2.05, 4.69) is 6.07 Å². The Morgan fingerprint density at radius 1 is 1.10 bits per heavy atom. The molecule has 2 aliphatic rings. The van der Waals surface area contributed by atoms with Crippen molar-refractivity contribution >= 4 is 23.3 Å². The van der Waals surface area contributed by atoms with Crippen LogP contribution in [-0.4, -0.2) is 31.1 Å². The first-order valence-electron chi connectivity index (χ1n) is 12.7. The number of nitriles is 1. The number of ether oxygens (including phenoxy) is 2. The van der Waals surface area contributed by atoms with E-state index < -0.39 is 33.6 Å². The molecule has 0 amide bonds. The zero-order valence-electron chi connectivity index (χ0n) is 23.6. The zero-order valence-corrected chi connectivity index (χ0v) is 23.6. The van der Waals surface area contributed by atoms with E-state index in [0.717, 1.165) is 12.7 Å². The van der Waals surface area contributed by atoms with Crippen molar-refractivity contribution in [2.24, 2.45) is 5.73 Å². The normalized spacial score (nSPS) is 19.1. The molecule has 1 heterocycles. The molecule has 2 N–H and O–H groups in total. The Labute approximate surface area is 232 Å². The van der Waals surface area contributed by atoms with Gasteiger partial charge in [0.05, 0.1) is 53.5 Å². The summed E-state index contributed by atoms with van der Waals surface area (Å²) < 4.78 is 10.2. The van der Waals surface area contributed by atoms with E-state index >= 15 is 0 Å². The summed E-state index contributed by atoms with van der Waals surface area (Å²) in [6.07, 6.45) is 0.650. The molecule has 1 aliphatic heterocycles. The lowest BCUT2D eigenvalue weighted by molar-refractivity contribution is -0.386. The number of benzene rings is 2. The van der Waals surface area contributed by atoms with Crippen LogP contribution in [0, 0.1) is 28.4 Å². The molecule has 1 atom stereocenters. The third-order valence-electron chi connectivity index (χ3n) is 7.85. The largest absolute Gasteiger partial charge is 0.466 e. The van der Waals surface area contributed by atoms with Crippen molar-refractivity contribution in [1.82, 2.24) is 0 Å². The molecule has 0 fully saturated rings. The van der Waals surface area contributed by atoms with E-state index in [4.69, 9.17) is 15.2 Å². The Balaban J connectivity index is 2.19. The van der Waals surface area contributed by atoms with E-state index in [1.807, 2.05) is 27.7 Å². The molecular formula is C30H32N4O6. The second-order valence-electron chi connectivity index (χ2n) is 11.3. The van der Waals surface area contributed by atoms with E-state index in [-0.39, 0.29) is 39.6 Å². The molecule has 1 unspecified atom stereocenters. The minimum atomic E-state index is -1.04. The number of anilines is 1. The van der Waals surface area contributed by atoms with Gasteiger partial charge in [0.2, 0.25) is 0 Å². The first kappa shape index (κ1) is 28.4. The van der Waals surface area contributed by atoms with Gasteiger partial charge in [0, 0.05) is 5.56 Å². The van der Waals surface area contributed by atoms with Gasteiger partial charge in [-0.1, -0.05) is 58.0 Å². The quantitative estimate of drug-likeness (QED) is 0.319. The number of rotatable bonds is 5. The molecule has 0 aromatic heterocycles. The SMILES string of the molecule is COC(=O)C1=C(C(=O)OC)N(c2cc3c(c([N+](=O)[O-])c2C)C(C)(C)CC3(C)C)C(N)=C(C#N)C1c1ccccc1. The Morgan fingerprint density at radius 3 is 2.23 bits per heavy atom. The fraction of sp³-hybridized carbons (Fsp3) is 0.367. The number of nitro benzene ring substituents is 1. The molecule has 0 bridgehead atoms. The number of nitro groups is 1. The van der Waals surface area contributed by atoms with Gasteiger partial charge in [-0.3, -0.25) is 15.0 Å². The average molecular weight is 545 g/mol. The number of methoxy groups -OCH3 is 2.